The Morgan fingerprint density at radius 1 is 0.608 bits per heavy atom. The zero-order valence-electron chi connectivity index (χ0n) is 27.8. The van der Waals surface area contributed by atoms with E-state index in [-0.39, 0.29) is 47.5 Å². The first-order valence-electron chi connectivity index (χ1n) is 16.0. The van der Waals surface area contributed by atoms with Gasteiger partial charge in [0.2, 0.25) is 11.8 Å². The summed E-state index contributed by atoms with van der Waals surface area (Å²) in [4.78, 5) is 62.6. The van der Waals surface area contributed by atoms with E-state index in [1.165, 1.54) is 0 Å². The summed E-state index contributed by atoms with van der Waals surface area (Å²) in [5.41, 5.74) is 1.80. The fourth-order valence-corrected chi connectivity index (χ4v) is 6.95. The maximum absolute atomic E-state index is 13.7. The van der Waals surface area contributed by atoms with Crippen molar-refractivity contribution in [2.45, 2.75) is 29.8 Å². The molecule has 12 nitrogen and oxygen atoms in total. The highest BCUT2D eigenvalue weighted by Crippen LogP contribution is 2.22. The van der Waals surface area contributed by atoms with Crippen LogP contribution in [0.15, 0.2) is 117 Å². The van der Waals surface area contributed by atoms with Gasteiger partial charge in [-0.05, 0) is 79.2 Å². The second-order valence-electron chi connectivity index (χ2n) is 11.2. The molecule has 0 unspecified atom stereocenters. The standard InChI is InChI=1S/C37H34N6O6S2/c1-48-26-16-12-24(13-17-26)38-32(44)22-50-36-40-30-10-5-3-8-28(30)34(46)42(36)20-7-21-43-35(47)29-9-4-6-11-31(29)41-37(43)51-23-33(45)39-25-14-18-27(49-2)19-15-25/h3-6,8-19H,7,20-23H2,1-2H3,(H,38,44)(H,39,45). The van der Waals surface area contributed by atoms with Gasteiger partial charge in [-0.2, -0.15) is 0 Å². The molecule has 6 rings (SSSR count). The van der Waals surface area contributed by atoms with E-state index in [9.17, 15) is 19.2 Å². The summed E-state index contributed by atoms with van der Waals surface area (Å²) in [5.74, 6) is 0.870. The van der Waals surface area contributed by atoms with E-state index in [1.807, 2.05) is 0 Å². The highest BCUT2D eigenvalue weighted by atomic mass is 32.2. The van der Waals surface area contributed by atoms with Crippen LogP contribution in [0.3, 0.4) is 0 Å². The van der Waals surface area contributed by atoms with Gasteiger partial charge >= 0.3 is 0 Å². The van der Waals surface area contributed by atoms with Crippen molar-refractivity contribution < 1.29 is 19.1 Å². The second kappa shape index (κ2) is 16.4. The lowest BCUT2D eigenvalue weighted by molar-refractivity contribution is -0.114. The number of fused-ring (bicyclic) bond motifs is 2. The molecule has 0 bridgehead atoms. The molecule has 260 valence electrons. The minimum Gasteiger partial charge on any atom is -0.497 e. The molecule has 0 saturated heterocycles. The number of amides is 2. The van der Waals surface area contributed by atoms with E-state index in [2.05, 4.69) is 10.6 Å². The number of benzene rings is 4. The van der Waals surface area contributed by atoms with Gasteiger partial charge < -0.3 is 20.1 Å². The highest BCUT2D eigenvalue weighted by molar-refractivity contribution is 8.00. The summed E-state index contributed by atoms with van der Waals surface area (Å²) < 4.78 is 13.4. The van der Waals surface area contributed by atoms with Gasteiger partial charge in [-0.25, -0.2) is 9.97 Å². The average Bonchev–Trinajstić information content (AvgIpc) is 3.15. The van der Waals surface area contributed by atoms with Crippen LogP contribution >= 0.6 is 23.5 Å². The summed E-state index contributed by atoms with van der Waals surface area (Å²) in [6.45, 7) is 0.445. The van der Waals surface area contributed by atoms with Gasteiger partial charge in [0.1, 0.15) is 11.5 Å². The van der Waals surface area contributed by atoms with Gasteiger partial charge in [0.25, 0.3) is 11.1 Å². The Kier molecular flexibility index (Phi) is 11.3. The van der Waals surface area contributed by atoms with Gasteiger partial charge in [0.15, 0.2) is 10.3 Å². The number of nitrogens with one attached hydrogen (secondary N) is 2. The van der Waals surface area contributed by atoms with E-state index in [1.54, 1.807) is 120 Å². The van der Waals surface area contributed by atoms with Crippen LogP contribution in [0.25, 0.3) is 21.8 Å². The molecular formula is C37H34N6O6S2. The Hall–Kier alpha value is -5.60. The van der Waals surface area contributed by atoms with Gasteiger partial charge in [0, 0.05) is 24.5 Å². The van der Waals surface area contributed by atoms with Crippen LogP contribution in [0.1, 0.15) is 6.42 Å². The van der Waals surface area contributed by atoms with Crippen LogP contribution in [0.2, 0.25) is 0 Å². The number of hydrogen-bond donors (Lipinski definition) is 2. The normalized spacial score (nSPS) is 11.0. The monoisotopic (exact) mass is 722 g/mol. The molecule has 6 aromatic rings. The van der Waals surface area contributed by atoms with Gasteiger partial charge in [-0.1, -0.05) is 47.8 Å². The van der Waals surface area contributed by atoms with Crippen molar-refractivity contribution in [1.29, 1.82) is 0 Å². The number of rotatable bonds is 14. The third-order valence-corrected chi connectivity index (χ3v) is 9.78. The molecule has 0 aliphatic carbocycles. The molecule has 0 aliphatic rings. The third kappa shape index (κ3) is 8.59. The maximum atomic E-state index is 13.7. The van der Waals surface area contributed by atoms with Crippen LogP contribution in [-0.2, 0) is 22.7 Å². The fourth-order valence-electron chi connectivity index (χ4n) is 5.30. The highest BCUT2D eigenvalue weighted by Gasteiger charge is 2.17. The molecule has 0 atom stereocenters. The van der Waals surface area contributed by atoms with Crippen LogP contribution in [0.4, 0.5) is 11.4 Å². The number of aromatic nitrogens is 4. The average molecular weight is 723 g/mol. The largest absolute Gasteiger partial charge is 0.497 e. The number of methoxy groups -OCH3 is 2. The molecule has 51 heavy (non-hydrogen) atoms. The second-order valence-corrected chi connectivity index (χ2v) is 13.1. The molecule has 0 aliphatic heterocycles. The number of hydrogen-bond acceptors (Lipinski definition) is 10. The van der Waals surface area contributed by atoms with Gasteiger partial charge in [-0.15, -0.1) is 0 Å². The lowest BCUT2D eigenvalue weighted by Crippen LogP contribution is -2.27. The number of para-hydroxylation sites is 2. The number of anilines is 2. The van der Waals surface area contributed by atoms with Gasteiger partial charge in [-0.3, -0.25) is 28.3 Å². The summed E-state index contributed by atoms with van der Waals surface area (Å²) in [6, 6.07) is 28.1. The molecule has 2 aromatic heterocycles. The Morgan fingerprint density at radius 3 is 1.39 bits per heavy atom. The van der Waals surface area contributed by atoms with Crippen LogP contribution in [0.5, 0.6) is 11.5 Å². The van der Waals surface area contributed by atoms with Crippen molar-refractivity contribution in [2.75, 3.05) is 36.4 Å². The summed E-state index contributed by atoms with van der Waals surface area (Å²) >= 11 is 2.32. The van der Waals surface area contributed by atoms with Crippen LogP contribution in [0, 0.1) is 0 Å². The Balaban J connectivity index is 1.19. The van der Waals surface area contributed by atoms with E-state index < -0.39 is 0 Å². The first kappa shape index (κ1) is 35.2. The predicted molar refractivity (Wildman–Crippen MR) is 201 cm³/mol. The Bertz CT molecular complexity index is 2150. The molecule has 14 heteroatoms. The number of carbonyl (C=O) groups excluding carboxylic acids is 2. The lowest BCUT2D eigenvalue weighted by Gasteiger charge is -2.16. The third-order valence-electron chi connectivity index (χ3n) is 7.83. The van der Waals surface area contributed by atoms with E-state index in [4.69, 9.17) is 19.4 Å². The molecule has 2 amide bonds. The Morgan fingerprint density at radius 2 is 1.00 bits per heavy atom. The minimum absolute atomic E-state index is 0.0181. The maximum Gasteiger partial charge on any atom is 0.262 e. The first-order chi connectivity index (χ1) is 24.8. The topological polar surface area (TPSA) is 146 Å². The zero-order valence-corrected chi connectivity index (χ0v) is 29.5. The number of carbonyl (C=O) groups is 2. The van der Waals surface area contributed by atoms with Crippen molar-refractivity contribution in [3.63, 3.8) is 0 Å². The molecule has 0 radical (unpaired) electrons. The SMILES string of the molecule is COc1ccc(NC(=O)CSc2nc3ccccc3c(=O)n2CCCn2c(SCC(=O)Nc3ccc(OC)cc3)nc3ccccc3c2=O)cc1. The molecule has 2 heterocycles. The summed E-state index contributed by atoms with van der Waals surface area (Å²) in [7, 11) is 3.14. The fraction of sp³-hybridized carbons (Fsp3) is 0.189. The lowest BCUT2D eigenvalue weighted by atomic mass is 10.2. The number of ether oxygens (including phenoxy) is 2. The van der Waals surface area contributed by atoms with Crippen molar-refractivity contribution in [3.05, 3.63) is 118 Å². The number of thioether (sulfide) groups is 2. The van der Waals surface area contributed by atoms with Crippen LogP contribution < -0.4 is 31.2 Å². The molecular weight excluding hydrogens is 689 g/mol. The summed E-state index contributed by atoms with van der Waals surface area (Å²) in [6.07, 6.45) is 0.372. The van der Waals surface area contributed by atoms with E-state index >= 15 is 0 Å². The molecule has 0 saturated carbocycles. The summed E-state index contributed by atoms with van der Waals surface area (Å²) in [5, 5.41) is 7.38. The molecule has 0 fully saturated rings. The smallest absolute Gasteiger partial charge is 0.262 e. The molecule has 0 spiro atoms. The van der Waals surface area contributed by atoms with Crippen LogP contribution in [-0.4, -0.2) is 56.6 Å². The van der Waals surface area contributed by atoms with Crippen molar-refractivity contribution in [3.8, 4) is 11.5 Å². The van der Waals surface area contributed by atoms with Crippen molar-refractivity contribution in [2.24, 2.45) is 0 Å². The predicted octanol–water partition coefficient (Wildman–Crippen LogP) is 5.68. The van der Waals surface area contributed by atoms with Gasteiger partial charge in [0.05, 0.1) is 47.5 Å². The minimum atomic E-state index is -0.259. The van der Waals surface area contributed by atoms with Crippen molar-refractivity contribution >= 4 is 68.5 Å². The first-order valence-corrected chi connectivity index (χ1v) is 17.9. The quantitative estimate of drug-likeness (QED) is 0.106. The van der Waals surface area contributed by atoms with E-state index in [0.29, 0.717) is 61.4 Å². The zero-order chi connectivity index (χ0) is 35.7. The molecule has 2 N–H and O–H groups in total. The number of nitrogens with zero attached hydrogens (tertiary/aromatic N) is 4. The molecule has 4 aromatic carbocycles. The Labute approximate surface area is 301 Å². The van der Waals surface area contributed by atoms with Crippen molar-refractivity contribution in [1.82, 2.24) is 19.1 Å². The van der Waals surface area contributed by atoms with E-state index in [0.717, 1.165) is 23.5 Å².